The maximum Gasteiger partial charge on any atom is 0.469 e. The Morgan fingerprint density at radius 3 is 1.42 bits per heavy atom. The van der Waals surface area contributed by atoms with Gasteiger partial charge in [-0.3, -0.25) is 14.1 Å². The first-order chi connectivity index (χ1) is 23.3. The maximum atomic E-state index is 12.3. The number of phosphoric acid groups is 1. The molecule has 0 bridgehead atoms. The third kappa shape index (κ3) is 36.1. The van der Waals surface area contributed by atoms with E-state index >= 15 is 0 Å². The highest BCUT2D eigenvalue weighted by atomic mass is 31.2. The summed E-state index contributed by atoms with van der Waals surface area (Å²) in [5.74, 6) is -0.990. The van der Waals surface area contributed by atoms with Crippen molar-refractivity contribution >= 4 is 19.8 Å². The summed E-state index contributed by atoms with van der Waals surface area (Å²) in [7, 11) is -4.77. The van der Waals surface area contributed by atoms with Gasteiger partial charge in [0.1, 0.15) is 6.61 Å². The first-order valence-corrected chi connectivity index (χ1v) is 19.4. The Hall–Kier alpha value is -2.77. The third-order valence-corrected chi connectivity index (χ3v) is 7.38. The fourth-order valence-corrected chi connectivity index (χ4v) is 4.61. The number of carbonyl (C=O) groups is 2. The predicted molar refractivity (Wildman–Crippen MR) is 197 cm³/mol. The molecule has 0 rings (SSSR count). The van der Waals surface area contributed by atoms with Crippen molar-refractivity contribution in [3.05, 3.63) is 85.1 Å². The second-order valence-corrected chi connectivity index (χ2v) is 12.7. The largest absolute Gasteiger partial charge is 0.469 e. The van der Waals surface area contributed by atoms with Gasteiger partial charge in [0.2, 0.25) is 0 Å². The molecule has 0 aliphatic heterocycles. The van der Waals surface area contributed by atoms with Gasteiger partial charge in [0.05, 0.1) is 6.61 Å². The van der Waals surface area contributed by atoms with E-state index < -0.39 is 32.5 Å². The van der Waals surface area contributed by atoms with Crippen molar-refractivity contribution in [2.75, 3.05) is 13.2 Å². The molecule has 0 aromatic rings. The van der Waals surface area contributed by atoms with E-state index in [0.29, 0.717) is 12.8 Å². The Labute approximate surface area is 291 Å². The number of esters is 2. The molecule has 48 heavy (non-hydrogen) atoms. The molecule has 0 aromatic heterocycles. The number of rotatable bonds is 31. The van der Waals surface area contributed by atoms with Gasteiger partial charge in [0.25, 0.3) is 0 Å². The molecule has 0 aliphatic carbocycles. The highest BCUT2D eigenvalue weighted by Gasteiger charge is 2.22. The minimum absolute atomic E-state index is 0.146. The molecule has 0 aliphatic rings. The highest BCUT2D eigenvalue weighted by molar-refractivity contribution is 7.46. The zero-order valence-corrected chi connectivity index (χ0v) is 30.5. The molecule has 0 unspecified atom stereocenters. The van der Waals surface area contributed by atoms with Gasteiger partial charge in [-0.15, -0.1) is 0 Å². The number of carbonyl (C=O) groups excluding carboxylic acids is 2. The monoisotopic (exact) mass is 690 g/mol. The summed E-state index contributed by atoms with van der Waals surface area (Å²) in [6.07, 6.45) is 44.5. The van der Waals surface area contributed by atoms with Crippen LogP contribution in [0.3, 0.4) is 0 Å². The molecule has 0 amide bonds. The van der Waals surface area contributed by atoms with Gasteiger partial charge >= 0.3 is 19.8 Å². The van der Waals surface area contributed by atoms with E-state index in [1.165, 1.54) is 19.3 Å². The number of allylic oxidation sites excluding steroid dienone is 14. The van der Waals surface area contributed by atoms with Gasteiger partial charge < -0.3 is 19.3 Å². The first kappa shape index (κ1) is 45.2. The molecular formula is C39H63O8P. The highest BCUT2D eigenvalue weighted by Crippen LogP contribution is 2.35. The van der Waals surface area contributed by atoms with Gasteiger partial charge in [0, 0.05) is 12.8 Å². The van der Waals surface area contributed by atoms with Crippen LogP contribution in [0.5, 0.6) is 0 Å². The predicted octanol–water partition coefficient (Wildman–Crippen LogP) is 10.5. The van der Waals surface area contributed by atoms with E-state index in [-0.39, 0.29) is 19.4 Å². The van der Waals surface area contributed by atoms with Gasteiger partial charge in [-0.05, 0) is 89.9 Å². The average molecular weight is 691 g/mol. The Morgan fingerprint density at radius 2 is 0.979 bits per heavy atom. The third-order valence-electron chi connectivity index (χ3n) is 6.90. The van der Waals surface area contributed by atoms with Crippen molar-refractivity contribution in [3.63, 3.8) is 0 Å². The van der Waals surface area contributed by atoms with Crippen LogP contribution < -0.4 is 0 Å². The maximum absolute atomic E-state index is 12.3. The Kier molecular flexibility index (Phi) is 32.1. The molecule has 272 valence electrons. The van der Waals surface area contributed by atoms with E-state index in [1.807, 2.05) is 0 Å². The van der Waals surface area contributed by atoms with Crippen molar-refractivity contribution in [1.29, 1.82) is 0 Å². The SMILES string of the molecule is CC/C=C/C/C=C/C/C=C/C/C=C/CCCCC(=O)O[C@H](COC(=O)CCCC/C=C/C/C=C/C/C=C/CCCCC)COP(=O)(O)O. The summed E-state index contributed by atoms with van der Waals surface area (Å²) in [5.41, 5.74) is 0. The standard InChI is InChI=1S/C39H63O8P/c1-3-5-7-9-11-13-15-17-19-21-23-25-27-29-31-33-38(40)45-35-37(36-46-48(42,43)44)47-39(41)34-32-30-28-26-24-22-20-18-16-14-12-10-8-6-4-2/h6,8,11-14,17-20,23-26,37H,3-5,7,9-10,15-16,21-22,27-36H2,1-2H3,(H2,42,43,44)/b8-6+,13-11+,14-12+,19-17+,20-18+,25-23+,26-24+/t37-/m1/s1. The van der Waals surface area contributed by atoms with Gasteiger partial charge in [-0.25, -0.2) is 4.57 Å². The van der Waals surface area contributed by atoms with E-state index in [9.17, 15) is 14.2 Å². The molecular weight excluding hydrogens is 627 g/mol. The number of phosphoric ester groups is 1. The number of ether oxygens (including phenoxy) is 2. The molecule has 8 nitrogen and oxygen atoms in total. The van der Waals surface area contributed by atoms with Crippen LogP contribution in [0.1, 0.15) is 129 Å². The first-order valence-electron chi connectivity index (χ1n) is 17.9. The fraction of sp³-hybridized carbons (Fsp3) is 0.590. The van der Waals surface area contributed by atoms with Crippen molar-refractivity contribution < 1.29 is 37.9 Å². The molecule has 0 aromatic carbocycles. The van der Waals surface area contributed by atoms with Crippen molar-refractivity contribution in [1.82, 2.24) is 0 Å². The van der Waals surface area contributed by atoms with Gasteiger partial charge in [-0.1, -0.05) is 112 Å². The number of hydrogen-bond donors (Lipinski definition) is 2. The van der Waals surface area contributed by atoms with E-state index in [0.717, 1.165) is 70.6 Å². The smallest absolute Gasteiger partial charge is 0.462 e. The quantitative estimate of drug-likeness (QED) is 0.0319. The second kappa shape index (κ2) is 34.1. The molecule has 0 saturated carbocycles. The van der Waals surface area contributed by atoms with Crippen LogP contribution in [0.25, 0.3) is 0 Å². The minimum atomic E-state index is -4.77. The van der Waals surface area contributed by atoms with E-state index in [1.54, 1.807) is 0 Å². The topological polar surface area (TPSA) is 119 Å². The molecule has 0 fully saturated rings. The molecule has 9 heteroatoms. The van der Waals surface area contributed by atoms with Crippen molar-refractivity contribution in [3.8, 4) is 0 Å². The Bertz CT molecular complexity index is 1050. The zero-order chi connectivity index (χ0) is 35.4. The Morgan fingerprint density at radius 1 is 0.562 bits per heavy atom. The molecule has 0 saturated heterocycles. The van der Waals surface area contributed by atoms with Crippen LogP contribution in [0.15, 0.2) is 85.1 Å². The van der Waals surface area contributed by atoms with Crippen LogP contribution in [-0.4, -0.2) is 41.0 Å². The van der Waals surface area contributed by atoms with Gasteiger partial charge in [0.15, 0.2) is 6.10 Å². The lowest BCUT2D eigenvalue weighted by molar-refractivity contribution is -0.161. The van der Waals surface area contributed by atoms with Crippen LogP contribution in [0.2, 0.25) is 0 Å². The summed E-state index contributed by atoms with van der Waals surface area (Å²) < 4.78 is 26.2. The molecule has 0 spiro atoms. The summed E-state index contributed by atoms with van der Waals surface area (Å²) >= 11 is 0. The lowest BCUT2D eigenvalue weighted by atomic mass is 10.1. The van der Waals surface area contributed by atoms with Crippen LogP contribution in [0.4, 0.5) is 0 Å². The summed E-state index contributed by atoms with van der Waals surface area (Å²) in [5, 5.41) is 0. The Balaban J connectivity index is 4.17. The zero-order valence-electron chi connectivity index (χ0n) is 29.6. The van der Waals surface area contributed by atoms with E-state index in [2.05, 4.69) is 103 Å². The van der Waals surface area contributed by atoms with E-state index in [4.69, 9.17) is 19.3 Å². The van der Waals surface area contributed by atoms with Gasteiger partial charge in [-0.2, -0.15) is 0 Å². The van der Waals surface area contributed by atoms with Crippen LogP contribution in [-0.2, 0) is 28.2 Å². The summed E-state index contributed by atoms with van der Waals surface area (Å²) in [6.45, 7) is 3.44. The second-order valence-electron chi connectivity index (χ2n) is 11.5. The van der Waals surface area contributed by atoms with Crippen molar-refractivity contribution in [2.24, 2.45) is 0 Å². The number of unbranched alkanes of at least 4 members (excludes halogenated alkanes) is 7. The van der Waals surface area contributed by atoms with Crippen LogP contribution >= 0.6 is 7.82 Å². The average Bonchev–Trinajstić information content (AvgIpc) is 3.05. The normalized spacial score (nSPS) is 13.5. The molecule has 0 heterocycles. The van der Waals surface area contributed by atoms with Crippen LogP contribution in [0, 0.1) is 0 Å². The molecule has 1 atom stereocenters. The summed E-state index contributed by atoms with van der Waals surface area (Å²) in [4.78, 5) is 42.6. The minimum Gasteiger partial charge on any atom is -0.462 e. The molecule has 2 N–H and O–H groups in total. The van der Waals surface area contributed by atoms with Crippen molar-refractivity contribution in [2.45, 2.75) is 136 Å². The lowest BCUT2D eigenvalue weighted by Crippen LogP contribution is -2.29. The number of hydrogen-bond acceptors (Lipinski definition) is 6. The summed E-state index contributed by atoms with van der Waals surface area (Å²) in [6, 6.07) is 0. The lowest BCUT2D eigenvalue weighted by Gasteiger charge is -2.18. The fourth-order valence-electron chi connectivity index (χ4n) is 4.25. The molecule has 0 radical (unpaired) electrons.